The molecule has 12 heavy (non-hydrogen) atoms. The molecule has 1 aromatic rings. The summed E-state index contributed by atoms with van der Waals surface area (Å²) >= 11 is 3.03. The van der Waals surface area contributed by atoms with Crippen molar-refractivity contribution in [2.75, 3.05) is 0 Å². The topological polar surface area (TPSA) is 63.4 Å². The lowest BCUT2D eigenvalue weighted by atomic mass is 10.2. The van der Waals surface area contributed by atoms with Crippen LogP contribution in [-0.4, -0.2) is 10.0 Å². The summed E-state index contributed by atoms with van der Waals surface area (Å²) in [5.41, 5.74) is 0.477. The summed E-state index contributed by atoms with van der Waals surface area (Å²) in [5.74, 6) is -0.0649. The number of nitrogens with zero attached hydrogens (tertiary/aromatic N) is 1. The standard InChI is InChI=1S/C7H6BrNO3/c1-4-2-5(8)6(9(11)12)3-7(4)10/h2-3,10H,1H3. The minimum absolute atomic E-state index is 0.0649. The fourth-order valence-corrected chi connectivity index (χ4v) is 1.39. The zero-order valence-electron chi connectivity index (χ0n) is 6.24. The summed E-state index contributed by atoms with van der Waals surface area (Å²) in [4.78, 5) is 9.80. The lowest BCUT2D eigenvalue weighted by Gasteiger charge is -1.99. The Balaban J connectivity index is 3.33. The second kappa shape index (κ2) is 3.10. The van der Waals surface area contributed by atoms with Gasteiger partial charge in [-0.3, -0.25) is 10.1 Å². The van der Waals surface area contributed by atoms with Crippen molar-refractivity contribution in [1.82, 2.24) is 0 Å². The quantitative estimate of drug-likeness (QED) is 0.597. The minimum Gasteiger partial charge on any atom is -0.507 e. The van der Waals surface area contributed by atoms with Gasteiger partial charge in [-0.2, -0.15) is 0 Å². The molecule has 0 saturated carbocycles. The number of halogens is 1. The molecular weight excluding hydrogens is 226 g/mol. The van der Waals surface area contributed by atoms with Crippen molar-refractivity contribution < 1.29 is 10.0 Å². The van der Waals surface area contributed by atoms with Crippen LogP contribution in [0.4, 0.5) is 5.69 Å². The number of nitro groups is 1. The molecule has 4 nitrogen and oxygen atoms in total. The van der Waals surface area contributed by atoms with Crippen LogP contribution in [0, 0.1) is 17.0 Å². The van der Waals surface area contributed by atoms with Crippen LogP contribution in [0.1, 0.15) is 5.56 Å². The smallest absolute Gasteiger partial charge is 0.287 e. The molecule has 64 valence electrons. The summed E-state index contributed by atoms with van der Waals surface area (Å²) < 4.78 is 0.378. The number of hydrogen-bond acceptors (Lipinski definition) is 3. The van der Waals surface area contributed by atoms with Gasteiger partial charge in [0, 0.05) is 0 Å². The number of aromatic hydroxyl groups is 1. The number of benzene rings is 1. The van der Waals surface area contributed by atoms with E-state index in [1.807, 2.05) is 0 Å². The lowest BCUT2D eigenvalue weighted by molar-refractivity contribution is -0.385. The first-order valence-corrected chi connectivity index (χ1v) is 3.95. The highest BCUT2D eigenvalue weighted by Crippen LogP contribution is 2.31. The lowest BCUT2D eigenvalue weighted by Crippen LogP contribution is -1.89. The van der Waals surface area contributed by atoms with Gasteiger partial charge in [0.05, 0.1) is 15.5 Å². The Morgan fingerprint density at radius 1 is 1.58 bits per heavy atom. The van der Waals surface area contributed by atoms with E-state index >= 15 is 0 Å². The second-order valence-electron chi connectivity index (χ2n) is 2.35. The van der Waals surface area contributed by atoms with Gasteiger partial charge in [0.2, 0.25) is 0 Å². The third kappa shape index (κ3) is 1.55. The fourth-order valence-electron chi connectivity index (χ4n) is 0.790. The van der Waals surface area contributed by atoms with Gasteiger partial charge in [-0.1, -0.05) is 0 Å². The van der Waals surface area contributed by atoms with Crippen LogP contribution in [0.25, 0.3) is 0 Å². The van der Waals surface area contributed by atoms with E-state index in [4.69, 9.17) is 5.11 Å². The monoisotopic (exact) mass is 231 g/mol. The van der Waals surface area contributed by atoms with Gasteiger partial charge in [0.1, 0.15) is 5.75 Å². The van der Waals surface area contributed by atoms with Crippen LogP contribution in [0.5, 0.6) is 5.75 Å². The molecule has 1 N–H and O–H groups in total. The number of phenolic OH excluding ortho intramolecular Hbond substituents is 1. The van der Waals surface area contributed by atoms with Gasteiger partial charge in [0.15, 0.2) is 0 Å². The van der Waals surface area contributed by atoms with Gasteiger partial charge in [-0.25, -0.2) is 0 Å². The molecule has 0 atom stereocenters. The molecule has 0 saturated heterocycles. The number of aryl methyl sites for hydroxylation is 1. The molecule has 0 spiro atoms. The molecule has 0 amide bonds. The average molecular weight is 232 g/mol. The van der Waals surface area contributed by atoms with E-state index in [1.54, 1.807) is 6.92 Å². The summed E-state index contributed by atoms with van der Waals surface area (Å²) in [6.45, 7) is 1.67. The summed E-state index contributed by atoms with van der Waals surface area (Å²) in [5, 5.41) is 19.5. The first-order valence-electron chi connectivity index (χ1n) is 3.16. The number of nitro benzene ring substituents is 1. The Bertz CT molecular complexity index is 338. The van der Waals surface area contributed by atoms with E-state index in [-0.39, 0.29) is 11.4 Å². The first kappa shape index (κ1) is 8.99. The number of hydrogen-bond donors (Lipinski definition) is 1. The molecule has 0 aliphatic heterocycles. The first-order chi connectivity index (χ1) is 5.52. The average Bonchev–Trinajstić information content (AvgIpc) is 1.96. The molecule has 5 heteroatoms. The maximum Gasteiger partial charge on any atom is 0.287 e. The molecule has 0 fully saturated rings. The zero-order chi connectivity index (χ0) is 9.30. The molecule has 0 heterocycles. The Labute approximate surface area is 77.1 Å². The zero-order valence-corrected chi connectivity index (χ0v) is 7.83. The SMILES string of the molecule is Cc1cc(Br)c([N+](=O)[O-])cc1O. The van der Waals surface area contributed by atoms with E-state index < -0.39 is 4.92 Å². The van der Waals surface area contributed by atoms with Crippen LogP contribution in [0.3, 0.4) is 0 Å². The minimum atomic E-state index is -0.552. The second-order valence-corrected chi connectivity index (χ2v) is 3.20. The van der Waals surface area contributed by atoms with Crippen molar-refractivity contribution in [3.63, 3.8) is 0 Å². The van der Waals surface area contributed by atoms with Crippen molar-refractivity contribution in [2.45, 2.75) is 6.92 Å². The van der Waals surface area contributed by atoms with Crippen molar-refractivity contribution >= 4 is 21.6 Å². The van der Waals surface area contributed by atoms with E-state index in [1.165, 1.54) is 6.07 Å². The van der Waals surface area contributed by atoms with E-state index in [0.29, 0.717) is 10.0 Å². The highest BCUT2D eigenvalue weighted by Gasteiger charge is 2.13. The Kier molecular flexibility index (Phi) is 2.32. The van der Waals surface area contributed by atoms with Gasteiger partial charge in [-0.05, 0) is 34.5 Å². The van der Waals surface area contributed by atoms with Crippen LogP contribution in [-0.2, 0) is 0 Å². The molecule has 0 aliphatic carbocycles. The van der Waals surface area contributed by atoms with Gasteiger partial charge >= 0.3 is 0 Å². The third-order valence-electron chi connectivity index (χ3n) is 1.46. The van der Waals surface area contributed by atoms with Crippen LogP contribution in [0.2, 0.25) is 0 Å². The predicted octanol–water partition coefficient (Wildman–Crippen LogP) is 2.37. The Morgan fingerprint density at radius 3 is 2.67 bits per heavy atom. The summed E-state index contributed by atoms with van der Waals surface area (Å²) in [6, 6.07) is 2.63. The van der Waals surface area contributed by atoms with Crippen molar-refractivity contribution in [3.8, 4) is 5.75 Å². The highest BCUT2D eigenvalue weighted by atomic mass is 79.9. The maximum absolute atomic E-state index is 10.3. The number of phenols is 1. The Morgan fingerprint density at radius 2 is 2.17 bits per heavy atom. The van der Waals surface area contributed by atoms with Crippen molar-refractivity contribution in [1.29, 1.82) is 0 Å². The predicted molar refractivity (Wildman–Crippen MR) is 47.2 cm³/mol. The molecule has 0 aliphatic rings. The van der Waals surface area contributed by atoms with Crippen molar-refractivity contribution in [3.05, 3.63) is 32.3 Å². The molecule has 0 bridgehead atoms. The normalized spacial score (nSPS) is 9.83. The van der Waals surface area contributed by atoms with Gasteiger partial charge in [-0.15, -0.1) is 0 Å². The molecule has 1 rings (SSSR count). The van der Waals surface area contributed by atoms with Gasteiger partial charge in [0.25, 0.3) is 5.69 Å². The summed E-state index contributed by atoms with van der Waals surface area (Å²) in [6.07, 6.45) is 0. The van der Waals surface area contributed by atoms with Crippen LogP contribution >= 0.6 is 15.9 Å². The Hall–Kier alpha value is -1.10. The van der Waals surface area contributed by atoms with Gasteiger partial charge < -0.3 is 5.11 Å². The van der Waals surface area contributed by atoms with E-state index in [0.717, 1.165) is 6.07 Å². The molecule has 1 aromatic carbocycles. The van der Waals surface area contributed by atoms with E-state index in [2.05, 4.69) is 15.9 Å². The highest BCUT2D eigenvalue weighted by molar-refractivity contribution is 9.10. The van der Waals surface area contributed by atoms with Crippen molar-refractivity contribution in [2.24, 2.45) is 0 Å². The fraction of sp³-hybridized carbons (Fsp3) is 0.143. The molecule has 0 unspecified atom stereocenters. The largest absolute Gasteiger partial charge is 0.507 e. The van der Waals surface area contributed by atoms with E-state index in [9.17, 15) is 10.1 Å². The number of rotatable bonds is 1. The molecule has 0 radical (unpaired) electrons. The molecular formula is C7H6BrNO3. The van der Waals surface area contributed by atoms with Crippen LogP contribution in [0.15, 0.2) is 16.6 Å². The van der Waals surface area contributed by atoms with Crippen LogP contribution < -0.4 is 0 Å². The molecule has 0 aromatic heterocycles. The summed E-state index contributed by atoms with van der Waals surface area (Å²) in [7, 11) is 0. The maximum atomic E-state index is 10.3. The third-order valence-corrected chi connectivity index (χ3v) is 2.10.